The lowest BCUT2D eigenvalue weighted by Gasteiger charge is -2.09. The SMILES string of the molecule is COc1cc(C(=O)/C=C/c2cc(Br)cs2)ccc1OCC(=O)O. The van der Waals surface area contributed by atoms with Crippen molar-refractivity contribution >= 4 is 45.1 Å². The molecule has 5 nitrogen and oxygen atoms in total. The van der Waals surface area contributed by atoms with Gasteiger partial charge in [0, 0.05) is 20.3 Å². The van der Waals surface area contributed by atoms with Gasteiger partial charge in [-0.2, -0.15) is 0 Å². The number of aliphatic carboxylic acids is 1. The molecule has 23 heavy (non-hydrogen) atoms. The van der Waals surface area contributed by atoms with Crippen molar-refractivity contribution in [2.75, 3.05) is 13.7 Å². The number of allylic oxidation sites excluding steroid dienone is 1. The van der Waals surface area contributed by atoms with E-state index in [0.29, 0.717) is 11.3 Å². The van der Waals surface area contributed by atoms with Gasteiger partial charge in [0.25, 0.3) is 0 Å². The number of carboxylic acid groups (broad SMARTS) is 1. The Morgan fingerprint density at radius 1 is 1.30 bits per heavy atom. The molecule has 1 N–H and O–H groups in total. The second kappa shape index (κ2) is 7.94. The first-order valence-electron chi connectivity index (χ1n) is 6.48. The summed E-state index contributed by atoms with van der Waals surface area (Å²) in [6.07, 6.45) is 3.21. The largest absolute Gasteiger partial charge is 0.493 e. The molecule has 0 atom stereocenters. The van der Waals surface area contributed by atoms with Crippen LogP contribution in [0.3, 0.4) is 0 Å². The summed E-state index contributed by atoms with van der Waals surface area (Å²) in [4.78, 5) is 23.7. The number of hydrogen-bond donors (Lipinski definition) is 1. The average Bonchev–Trinajstić information content (AvgIpc) is 2.95. The van der Waals surface area contributed by atoms with Crippen LogP contribution in [0.4, 0.5) is 0 Å². The predicted octanol–water partition coefficient (Wildman–Crippen LogP) is 3.88. The molecule has 2 rings (SSSR count). The number of thiophene rings is 1. The molecule has 1 aromatic carbocycles. The number of hydrogen-bond acceptors (Lipinski definition) is 5. The van der Waals surface area contributed by atoms with E-state index >= 15 is 0 Å². The van der Waals surface area contributed by atoms with Gasteiger partial charge in [-0.25, -0.2) is 4.79 Å². The van der Waals surface area contributed by atoms with Gasteiger partial charge in [-0.15, -0.1) is 11.3 Å². The average molecular weight is 397 g/mol. The van der Waals surface area contributed by atoms with E-state index in [4.69, 9.17) is 14.6 Å². The summed E-state index contributed by atoms with van der Waals surface area (Å²) < 4.78 is 11.2. The van der Waals surface area contributed by atoms with Crippen LogP contribution in [0.25, 0.3) is 6.08 Å². The highest BCUT2D eigenvalue weighted by molar-refractivity contribution is 9.10. The van der Waals surface area contributed by atoms with E-state index in [2.05, 4.69) is 15.9 Å². The Bertz CT molecular complexity index is 751. The molecule has 0 saturated heterocycles. The van der Waals surface area contributed by atoms with Crippen molar-refractivity contribution in [1.82, 2.24) is 0 Å². The highest BCUT2D eigenvalue weighted by atomic mass is 79.9. The first-order valence-corrected chi connectivity index (χ1v) is 8.16. The molecule has 1 heterocycles. The first kappa shape index (κ1) is 17.2. The summed E-state index contributed by atoms with van der Waals surface area (Å²) in [5.74, 6) is -0.683. The summed E-state index contributed by atoms with van der Waals surface area (Å²) in [7, 11) is 1.43. The zero-order chi connectivity index (χ0) is 16.8. The Hall–Kier alpha value is -2.12. The number of methoxy groups -OCH3 is 1. The topological polar surface area (TPSA) is 72.8 Å². The normalized spacial score (nSPS) is 10.7. The van der Waals surface area contributed by atoms with E-state index in [9.17, 15) is 9.59 Å². The fourth-order valence-corrected chi connectivity index (χ4v) is 3.09. The molecule has 0 fully saturated rings. The molecule has 120 valence electrons. The lowest BCUT2D eigenvalue weighted by Crippen LogP contribution is -2.10. The molecule has 0 amide bonds. The van der Waals surface area contributed by atoms with Crippen molar-refractivity contribution in [2.24, 2.45) is 0 Å². The summed E-state index contributed by atoms with van der Waals surface area (Å²) >= 11 is 4.88. The first-order chi connectivity index (χ1) is 11.0. The molecule has 0 aliphatic carbocycles. The van der Waals surface area contributed by atoms with Gasteiger partial charge in [0.1, 0.15) is 0 Å². The third-order valence-electron chi connectivity index (χ3n) is 2.79. The van der Waals surface area contributed by atoms with Crippen molar-refractivity contribution in [3.05, 3.63) is 50.6 Å². The van der Waals surface area contributed by atoms with Crippen molar-refractivity contribution in [3.8, 4) is 11.5 Å². The Morgan fingerprint density at radius 2 is 2.09 bits per heavy atom. The summed E-state index contributed by atoms with van der Waals surface area (Å²) in [6.45, 7) is -0.475. The van der Waals surface area contributed by atoms with Crippen molar-refractivity contribution in [2.45, 2.75) is 0 Å². The minimum Gasteiger partial charge on any atom is -0.493 e. The van der Waals surface area contributed by atoms with E-state index in [-0.39, 0.29) is 11.5 Å². The van der Waals surface area contributed by atoms with Crippen LogP contribution in [-0.2, 0) is 4.79 Å². The second-order valence-electron chi connectivity index (χ2n) is 4.41. The van der Waals surface area contributed by atoms with Crippen molar-refractivity contribution in [1.29, 1.82) is 0 Å². The lowest BCUT2D eigenvalue weighted by molar-refractivity contribution is -0.139. The number of carbonyl (C=O) groups is 2. The monoisotopic (exact) mass is 396 g/mol. The Balaban J connectivity index is 2.14. The van der Waals surface area contributed by atoms with E-state index in [1.54, 1.807) is 12.1 Å². The van der Waals surface area contributed by atoms with Gasteiger partial charge in [-0.1, -0.05) is 0 Å². The lowest BCUT2D eigenvalue weighted by atomic mass is 10.1. The zero-order valence-electron chi connectivity index (χ0n) is 12.1. The van der Waals surface area contributed by atoms with Gasteiger partial charge in [0.15, 0.2) is 23.9 Å². The minimum atomic E-state index is -1.09. The summed E-state index contributed by atoms with van der Waals surface area (Å²) in [5, 5.41) is 10.6. The fraction of sp³-hybridized carbons (Fsp3) is 0.125. The smallest absolute Gasteiger partial charge is 0.341 e. The standard InChI is InChI=1S/C16H13BrO5S/c1-21-15-6-10(2-5-14(15)22-8-16(19)20)13(18)4-3-12-7-11(17)9-23-12/h2-7,9H,8H2,1H3,(H,19,20)/b4-3+. The third-order valence-corrected chi connectivity index (χ3v) is 4.44. The Morgan fingerprint density at radius 3 is 2.70 bits per heavy atom. The maximum atomic E-state index is 12.2. The van der Waals surface area contributed by atoms with Gasteiger partial charge in [0.05, 0.1) is 7.11 Å². The molecule has 0 spiro atoms. The molecule has 0 saturated carbocycles. The van der Waals surface area contributed by atoms with Crippen molar-refractivity contribution in [3.63, 3.8) is 0 Å². The van der Waals surface area contributed by atoms with E-state index in [0.717, 1.165) is 9.35 Å². The van der Waals surface area contributed by atoms with Crippen LogP contribution in [0.5, 0.6) is 11.5 Å². The van der Waals surface area contributed by atoms with Gasteiger partial charge in [0.2, 0.25) is 0 Å². The maximum Gasteiger partial charge on any atom is 0.341 e. The number of ether oxygens (including phenoxy) is 2. The maximum absolute atomic E-state index is 12.2. The fourth-order valence-electron chi connectivity index (χ4n) is 1.75. The van der Waals surface area contributed by atoms with Gasteiger partial charge in [-0.05, 0) is 52.3 Å². The molecule has 0 radical (unpaired) electrons. The molecule has 0 aliphatic rings. The van der Waals surface area contributed by atoms with Crippen LogP contribution < -0.4 is 9.47 Å². The van der Waals surface area contributed by atoms with Gasteiger partial charge in [-0.3, -0.25) is 4.79 Å². The van der Waals surface area contributed by atoms with Crippen LogP contribution in [-0.4, -0.2) is 30.6 Å². The van der Waals surface area contributed by atoms with Crippen LogP contribution in [0, 0.1) is 0 Å². The number of benzene rings is 1. The molecule has 1 aromatic heterocycles. The third kappa shape index (κ3) is 4.94. The quantitative estimate of drug-likeness (QED) is 0.567. The van der Waals surface area contributed by atoms with E-state index in [1.165, 1.54) is 36.7 Å². The van der Waals surface area contributed by atoms with Gasteiger partial charge >= 0.3 is 5.97 Å². The number of rotatable bonds is 7. The van der Waals surface area contributed by atoms with Crippen LogP contribution in [0.15, 0.2) is 40.2 Å². The molecule has 0 unspecified atom stereocenters. The minimum absolute atomic E-state index is 0.183. The van der Waals surface area contributed by atoms with E-state index < -0.39 is 12.6 Å². The number of carbonyl (C=O) groups excluding carboxylic acids is 1. The number of carboxylic acids is 1. The predicted molar refractivity (Wildman–Crippen MR) is 91.5 cm³/mol. The zero-order valence-corrected chi connectivity index (χ0v) is 14.5. The molecule has 0 bridgehead atoms. The van der Waals surface area contributed by atoms with Gasteiger partial charge < -0.3 is 14.6 Å². The number of halogens is 1. The Labute approximate surface area is 145 Å². The van der Waals surface area contributed by atoms with E-state index in [1.807, 2.05) is 11.4 Å². The van der Waals surface area contributed by atoms with Crippen LogP contribution >= 0.6 is 27.3 Å². The number of ketones is 1. The van der Waals surface area contributed by atoms with Crippen LogP contribution in [0.2, 0.25) is 0 Å². The molecule has 2 aromatic rings. The second-order valence-corrected chi connectivity index (χ2v) is 6.27. The highest BCUT2D eigenvalue weighted by Crippen LogP contribution is 2.28. The van der Waals surface area contributed by atoms with Crippen molar-refractivity contribution < 1.29 is 24.2 Å². The van der Waals surface area contributed by atoms with Crippen LogP contribution in [0.1, 0.15) is 15.2 Å². The molecular formula is C16H13BrO5S. The highest BCUT2D eigenvalue weighted by Gasteiger charge is 2.10. The summed E-state index contributed by atoms with van der Waals surface area (Å²) in [6, 6.07) is 6.52. The Kier molecular flexibility index (Phi) is 5.95. The molecule has 7 heteroatoms. The molecule has 0 aliphatic heterocycles. The molecular weight excluding hydrogens is 384 g/mol. The summed E-state index contributed by atoms with van der Waals surface area (Å²) in [5.41, 5.74) is 0.427.